The Bertz CT molecular complexity index is 703. The second kappa shape index (κ2) is 7.98. The summed E-state index contributed by atoms with van der Waals surface area (Å²) in [5, 5.41) is 6.67. The number of hydrogen-bond donors (Lipinski definition) is 2. The van der Waals surface area contributed by atoms with Gasteiger partial charge in [0.25, 0.3) is 0 Å². The fourth-order valence-electron chi connectivity index (χ4n) is 2.70. The molecule has 2 rings (SSSR count). The highest BCUT2D eigenvalue weighted by atomic mass is 79.9. The molecule has 1 atom stereocenters. The lowest BCUT2D eigenvalue weighted by molar-refractivity contribution is -0.114. The number of nitrogens with one attached hydrogen (secondary N) is 2. The fourth-order valence-corrected chi connectivity index (χ4v) is 3.52. The van der Waals surface area contributed by atoms with Crippen LogP contribution in [0.2, 0.25) is 0 Å². The molecule has 130 valence electrons. The molecule has 0 saturated heterocycles. The zero-order valence-corrected chi connectivity index (χ0v) is 16.6. The van der Waals surface area contributed by atoms with Crippen LogP contribution in [-0.4, -0.2) is 24.1 Å². The molecule has 1 heterocycles. The number of ketones is 1. The largest absolute Gasteiger partial charge is 0.490 e. The minimum Gasteiger partial charge on any atom is -0.490 e. The van der Waals surface area contributed by atoms with E-state index < -0.39 is 0 Å². The van der Waals surface area contributed by atoms with Gasteiger partial charge in [-0.1, -0.05) is 15.9 Å². The average molecular weight is 413 g/mol. The Morgan fingerprint density at radius 2 is 1.83 bits per heavy atom. The summed E-state index contributed by atoms with van der Waals surface area (Å²) < 4.78 is 12.2. The predicted octanol–water partition coefficient (Wildman–Crippen LogP) is 3.63. The Morgan fingerprint density at radius 1 is 1.25 bits per heavy atom. The monoisotopic (exact) mass is 412 g/mol. The van der Waals surface area contributed by atoms with Gasteiger partial charge in [0.05, 0.1) is 19.3 Å². The van der Waals surface area contributed by atoms with E-state index in [0.717, 1.165) is 15.7 Å². The first-order chi connectivity index (χ1) is 11.4. The second-order valence-electron chi connectivity index (χ2n) is 5.31. The van der Waals surface area contributed by atoms with Crippen molar-refractivity contribution in [3.63, 3.8) is 0 Å². The lowest BCUT2D eigenvalue weighted by Crippen LogP contribution is -2.44. The normalized spacial score (nSPS) is 17.2. The van der Waals surface area contributed by atoms with E-state index in [2.05, 4.69) is 26.6 Å². The molecule has 0 aliphatic carbocycles. The Balaban J connectivity index is 2.57. The number of carbonyl (C=O) groups excluding carboxylic acids is 1. The van der Waals surface area contributed by atoms with Gasteiger partial charge in [0.1, 0.15) is 0 Å². The van der Waals surface area contributed by atoms with Gasteiger partial charge in [0.15, 0.2) is 22.4 Å². The quantitative estimate of drug-likeness (QED) is 0.695. The molecule has 1 aromatic rings. The highest BCUT2D eigenvalue weighted by Crippen LogP contribution is 2.39. The minimum atomic E-state index is -0.347. The van der Waals surface area contributed by atoms with Crippen molar-refractivity contribution in [2.75, 3.05) is 13.2 Å². The molecular weight excluding hydrogens is 392 g/mol. The molecule has 0 bridgehead atoms. The van der Waals surface area contributed by atoms with Gasteiger partial charge >= 0.3 is 0 Å². The van der Waals surface area contributed by atoms with Crippen molar-refractivity contribution in [1.82, 2.24) is 10.6 Å². The standard InChI is InChI=1S/C17H21BrN2O3S/c1-5-22-13-7-11(12(18)8-14(13)23-6-2)16-15(10(4)21)9(3)19-17(24)20-16/h7-8,16H,5-6H2,1-4H3,(H2,19,20,24)/t16-/m1/s1. The molecule has 0 fully saturated rings. The van der Waals surface area contributed by atoms with Crippen LogP contribution in [0.1, 0.15) is 39.3 Å². The Kier molecular flexibility index (Phi) is 6.23. The Morgan fingerprint density at radius 3 is 2.38 bits per heavy atom. The maximum Gasteiger partial charge on any atom is 0.171 e. The van der Waals surface area contributed by atoms with Crippen molar-refractivity contribution in [2.24, 2.45) is 0 Å². The van der Waals surface area contributed by atoms with Crippen LogP contribution in [0, 0.1) is 0 Å². The van der Waals surface area contributed by atoms with E-state index in [0.29, 0.717) is 35.4 Å². The van der Waals surface area contributed by atoms with Crippen molar-refractivity contribution < 1.29 is 14.3 Å². The summed E-state index contributed by atoms with van der Waals surface area (Å²) in [6, 6.07) is 3.41. The number of Topliss-reactive ketones (excluding diaryl/α,β-unsaturated/α-hetero) is 1. The molecule has 0 aromatic heterocycles. The SMILES string of the molecule is CCOc1cc(Br)c([C@H]2NC(=S)NC(C)=C2C(C)=O)cc1OCC. The van der Waals surface area contributed by atoms with E-state index in [4.69, 9.17) is 21.7 Å². The van der Waals surface area contributed by atoms with E-state index in [1.807, 2.05) is 32.9 Å². The lowest BCUT2D eigenvalue weighted by Gasteiger charge is -2.31. The predicted molar refractivity (Wildman–Crippen MR) is 101 cm³/mol. The maximum absolute atomic E-state index is 12.1. The topological polar surface area (TPSA) is 59.6 Å². The van der Waals surface area contributed by atoms with Crippen molar-refractivity contribution in [1.29, 1.82) is 0 Å². The van der Waals surface area contributed by atoms with E-state index in [1.165, 1.54) is 0 Å². The summed E-state index contributed by atoms with van der Waals surface area (Å²) in [6.07, 6.45) is 0. The highest BCUT2D eigenvalue weighted by Gasteiger charge is 2.30. The average Bonchev–Trinajstić information content (AvgIpc) is 2.49. The van der Waals surface area contributed by atoms with Crippen LogP contribution in [0.5, 0.6) is 11.5 Å². The summed E-state index contributed by atoms with van der Waals surface area (Å²) >= 11 is 8.84. The molecule has 1 aliphatic rings. The molecular formula is C17H21BrN2O3S. The fraction of sp³-hybridized carbons (Fsp3) is 0.412. The molecule has 1 aromatic carbocycles. The number of carbonyl (C=O) groups is 1. The van der Waals surface area contributed by atoms with Crippen LogP contribution in [0.15, 0.2) is 27.9 Å². The first-order valence-corrected chi connectivity index (χ1v) is 8.97. The number of allylic oxidation sites excluding steroid dienone is 1. The van der Waals surface area contributed by atoms with Crippen molar-refractivity contribution in [3.8, 4) is 11.5 Å². The van der Waals surface area contributed by atoms with Crippen LogP contribution in [0.25, 0.3) is 0 Å². The number of halogens is 1. The van der Waals surface area contributed by atoms with Gasteiger partial charge in [-0.3, -0.25) is 4.79 Å². The molecule has 7 heteroatoms. The first kappa shape index (κ1) is 18.7. The maximum atomic E-state index is 12.1. The van der Waals surface area contributed by atoms with Crippen molar-refractivity contribution in [2.45, 2.75) is 33.7 Å². The molecule has 1 aliphatic heterocycles. The van der Waals surface area contributed by atoms with Gasteiger partial charge in [-0.05, 0) is 57.6 Å². The molecule has 0 radical (unpaired) electrons. The zero-order valence-electron chi connectivity index (χ0n) is 14.2. The van der Waals surface area contributed by atoms with E-state index in [1.54, 1.807) is 6.92 Å². The van der Waals surface area contributed by atoms with Gasteiger partial charge < -0.3 is 20.1 Å². The van der Waals surface area contributed by atoms with E-state index in [-0.39, 0.29) is 11.8 Å². The Labute approximate surface area is 155 Å². The van der Waals surface area contributed by atoms with E-state index >= 15 is 0 Å². The van der Waals surface area contributed by atoms with Crippen molar-refractivity contribution in [3.05, 3.63) is 33.4 Å². The van der Waals surface area contributed by atoms with Crippen LogP contribution in [0.4, 0.5) is 0 Å². The molecule has 5 nitrogen and oxygen atoms in total. The molecule has 0 saturated carbocycles. The van der Waals surface area contributed by atoms with Crippen molar-refractivity contribution >= 4 is 39.0 Å². The van der Waals surface area contributed by atoms with Gasteiger partial charge in [0.2, 0.25) is 0 Å². The number of thiocarbonyl (C=S) groups is 1. The first-order valence-electron chi connectivity index (χ1n) is 7.77. The number of benzene rings is 1. The summed E-state index contributed by atoms with van der Waals surface area (Å²) in [7, 11) is 0. The molecule has 0 unspecified atom stereocenters. The van der Waals surface area contributed by atoms with Gasteiger partial charge in [-0.15, -0.1) is 0 Å². The molecule has 0 amide bonds. The van der Waals surface area contributed by atoms with Gasteiger partial charge in [0, 0.05) is 15.7 Å². The third kappa shape index (κ3) is 3.89. The molecule has 24 heavy (non-hydrogen) atoms. The second-order valence-corrected chi connectivity index (χ2v) is 6.58. The number of rotatable bonds is 6. The van der Waals surface area contributed by atoms with Crippen LogP contribution < -0.4 is 20.1 Å². The minimum absolute atomic E-state index is 0.0151. The van der Waals surface area contributed by atoms with Crippen LogP contribution in [-0.2, 0) is 4.79 Å². The molecule has 2 N–H and O–H groups in total. The van der Waals surface area contributed by atoms with Crippen LogP contribution in [0.3, 0.4) is 0 Å². The lowest BCUT2D eigenvalue weighted by atomic mass is 9.93. The summed E-state index contributed by atoms with van der Waals surface area (Å²) in [5.74, 6) is 1.29. The number of ether oxygens (including phenoxy) is 2. The highest BCUT2D eigenvalue weighted by molar-refractivity contribution is 9.10. The third-order valence-corrected chi connectivity index (χ3v) is 4.53. The van der Waals surface area contributed by atoms with Gasteiger partial charge in [-0.2, -0.15) is 0 Å². The third-order valence-electron chi connectivity index (χ3n) is 3.62. The smallest absolute Gasteiger partial charge is 0.171 e. The summed E-state index contributed by atoms with van der Waals surface area (Å²) in [5.41, 5.74) is 2.28. The van der Waals surface area contributed by atoms with Gasteiger partial charge in [-0.25, -0.2) is 0 Å². The summed E-state index contributed by atoms with van der Waals surface area (Å²) in [6.45, 7) is 8.30. The summed E-state index contributed by atoms with van der Waals surface area (Å²) in [4.78, 5) is 12.1. The van der Waals surface area contributed by atoms with Crippen LogP contribution >= 0.6 is 28.1 Å². The zero-order chi connectivity index (χ0) is 17.9. The molecule has 0 spiro atoms. The number of hydrogen-bond acceptors (Lipinski definition) is 4. The van der Waals surface area contributed by atoms with E-state index in [9.17, 15) is 4.79 Å². The Hall–Kier alpha value is -1.60.